The number of nitrogens with one attached hydrogen (secondary N) is 1. The fraction of sp³-hybridized carbons (Fsp3) is 0.438. The monoisotopic (exact) mass is 283 g/mol. The third kappa shape index (κ3) is 2.33. The SMILES string of the molecule is CCCNc1cc(CC)nc2c3c(C)cc(C)nc3nn12. The highest BCUT2D eigenvalue weighted by Gasteiger charge is 2.14. The summed E-state index contributed by atoms with van der Waals surface area (Å²) in [6.07, 6.45) is 1.98. The van der Waals surface area contributed by atoms with Crippen molar-refractivity contribution in [1.29, 1.82) is 0 Å². The van der Waals surface area contributed by atoms with E-state index in [2.05, 4.69) is 48.3 Å². The molecule has 0 amide bonds. The quantitative estimate of drug-likeness (QED) is 0.798. The van der Waals surface area contributed by atoms with Crippen LogP contribution in [0.15, 0.2) is 12.1 Å². The van der Waals surface area contributed by atoms with Gasteiger partial charge in [-0.1, -0.05) is 13.8 Å². The fourth-order valence-electron chi connectivity index (χ4n) is 2.63. The first-order chi connectivity index (χ1) is 10.1. The molecular weight excluding hydrogens is 262 g/mol. The second-order valence-corrected chi connectivity index (χ2v) is 5.43. The van der Waals surface area contributed by atoms with Gasteiger partial charge in [-0.05, 0) is 38.3 Å². The third-order valence-electron chi connectivity index (χ3n) is 3.64. The lowest BCUT2D eigenvalue weighted by Gasteiger charge is -2.08. The van der Waals surface area contributed by atoms with Crippen LogP contribution in [0.3, 0.4) is 0 Å². The van der Waals surface area contributed by atoms with E-state index in [0.29, 0.717) is 0 Å². The summed E-state index contributed by atoms with van der Waals surface area (Å²) in [6.45, 7) is 9.29. The van der Waals surface area contributed by atoms with Gasteiger partial charge in [0.15, 0.2) is 11.3 Å². The summed E-state index contributed by atoms with van der Waals surface area (Å²) in [7, 11) is 0. The number of hydrogen-bond donors (Lipinski definition) is 1. The van der Waals surface area contributed by atoms with Crippen molar-refractivity contribution in [3.05, 3.63) is 29.1 Å². The van der Waals surface area contributed by atoms with Crippen LogP contribution in [0.5, 0.6) is 0 Å². The minimum atomic E-state index is 0.771. The van der Waals surface area contributed by atoms with Gasteiger partial charge in [-0.2, -0.15) is 4.52 Å². The van der Waals surface area contributed by atoms with Crippen LogP contribution in [-0.4, -0.2) is 26.1 Å². The van der Waals surface area contributed by atoms with E-state index >= 15 is 0 Å². The molecule has 0 bridgehead atoms. The van der Waals surface area contributed by atoms with Crippen molar-refractivity contribution < 1.29 is 0 Å². The molecular formula is C16H21N5. The molecule has 21 heavy (non-hydrogen) atoms. The van der Waals surface area contributed by atoms with Crippen LogP contribution in [0.1, 0.15) is 37.2 Å². The van der Waals surface area contributed by atoms with E-state index in [-0.39, 0.29) is 0 Å². The number of nitrogens with zero attached hydrogens (tertiary/aromatic N) is 4. The van der Waals surface area contributed by atoms with E-state index < -0.39 is 0 Å². The van der Waals surface area contributed by atoms with Gasteiger partial charge in [-0.25, -0.2) is 9.97 Å². The van der Waals surface area contributed by atoms with E-state index in [1.54, 1.807) is 0 Å². The number of rotatable bonds is 4. The number of fused-ring (bicyclic) bond motifs is 3. The van der Waals surface area contributed by atoms with E-state index in [9.17, 15) is 0 Å². The number of hydrogen-bond acceptors (Lipinski definition) is 4. The zero-order valence-electron chi connectivity index (χ0n) is 13.1. The molecule has 3 rings (SSSR count). The van der Waals surface area contributed by atoms with Crippen LogP contribution in [0.4, 0.5) is 5.82 Å². The smallest absolute Gasteiger partial charge is 0.184 e. The molecule has 0 aliphatic carbocycles. The third-order valence-corrected chi connectivity index (χ3v) is 3.64. The summed E-state index contributed by atoms with van der Waals surface area (Å²) in [5, 5.41) is 9.14. The van der Waals surface area contributed by atoms with Crippen LogP contribution in [-0.2, 0) is 6.42 Å². The minimum Gasteiger partial charge on any atom is -0.370 e. The molecule has 3 aromatic heterocycles. The Kier molecular flexibility index (Phi) is 3.49. The van der Waals surface area contributed by atoms with Crippen molar-refractivity contribution in [3.8, 4) is 0 Å². The van der Waals surface area contributed by atoms with Crippen LogP contribution < -0.4 is 5.32 Å². The summed E-state index contributed by atoms with van der Waals surface area (Å²) in [6, 6.07) is 4.17. The average Bonchev–Trinajstić information content (AvgIpc) is 2.82. The molecule has 3 heterocycles. The molecule has 3 aromatic rings. The molecule has 0 spiro atoms. The Bertz CT molecular complexity index is 803. The van der Waals surface area contributed by atoms with Gasteiger partial charge < -0.3 is 5.32 Å². The lowest BCUT2D eigenvalue weighted by molar-refractivity contribution is 0.891. The molecule has 5 nitrogen and oxygen atoms in total. The number of aryl methyl sites for hydroxylation is 3. The predicted molar refractivity (Wildman–Crippen MR) is 85.9 cm³/mol. The Morgan fingerprint density at radius 1 is 1.14 bits per heavy atom. The molecule has 0 fully saturated rings. The molecule has 0 radical (unpaired) electrons. The Morgan fingerprint density at radius 2 is 1.95 bits per heavy atom. The predicted octanol–water partition coefficient (Wildman–Crippen LogP) is 3.28. The van der Waals surface area contributed by atoms with Gasteiger partial charge in [0.1, 0.15) is 5.82 Å². The van der Waals surface area contributed by atoms with Crippen molar-refractivity contribution in [1.82, 2.24) is 19.6 Å². The van der Waals surface area contributed by atoms with Gasteiger partial charge in [0.2, 0.25) is 0 Å². The van der Waals surface area contributed by atoms with Crippen LogP contribution in [0.25, 0.3) is 16.7 Å². The summed E-state index contributed by atoms with van der Waals surface area (Å²) in [4.78, 5) is 9.31. The number of anilines is 1. The molecule has 0 atom stereocenters. The molecule has 1 N–H and O–H groups in total. The summed E-state index contributed by atoms with van der Waals surface area (Å²) in [5.74, 6) is 0.994. The summed E-state index contributed by atoms with van der Waals surface area (Å²) >= 11 is 0. The topological polar surface area (TPSA) is 55.1 Å². The van der Waals surface area contributed by atoms with Gasteiger partial charge >= 0.3 is 0 Å². The van der Waals surface area contributed by atoms with Crippen molar-refractivity contribution in [2.45, 2.75) is 40.5 Å². The first-order valence-electron chi connectivity index (χ1n) is 7.54. The van der Waals surface area contributed by atoms with Crippen LogP contribution in [0.2, 0.25) is 0 Å². The Labute approximate surface area is 124 Å². The van der Waals surface area contributed by atoms with Gasteiger partial charge in [-0.3, -0.25) is 0 Å². The van der Waals surface area contributed by atoms with Gasteiger partial charge in [-0.15, -0.1) is 5.10 Å². The maximum atomic E-state index is 4.76. The Morgan fingerprint density at radius 3 is 2.67 bits per heavy atom. The highest BCUT2D eigenvalue weighted by molar-refractivity contribution is 5.93. The first-order valence-corrected chi connectivity index (χ1v) is 7.54. The van der Waals surface area contributed by atoms with Crippen molar-refractivity contribution >= 4 is 22.5 Å². The van der Waals surface area contributed by atoms with E-state index in [4.69, 9.17) is 4.98 Å². The second kappa shape index (κ2) is 5.31. The lowest BCUT2D eigenvalue weighted by atomic mass is 10.2. The summed E-state index contributed by atoms with van der Waals surface area (Å²) < 4.78 is 1.89. The molecule has 5 heteroatoms. The zero-order chi connectivity index (χ0) is 15.0. The van der Waals surface area contributed by atoms with Crippen LogP contribution >= 0.6 is 0 Å². The Hall–Kier alpha value is -2.17. The maximum absolute atomic E-state index is 4.76. The summed E-state index contributed by atoms with van der Waals surface area (Å²) in [5.41, 5.74) is 4.90. The number of pyridine rings is 1. The molecule has 0 aromatic carbocycles. The van der Waals surface area contributed by atoms with Crippen molar-refractivity contribution in [2.24, 2.45) is 0 Å². The van der Waals surface area contributed by atoms with Gasteiger partial charge in [0, 0.05) is 24.0 Å². The maximum Gasteiger partial charge on any atom is 0.184 e. The normalized spacial score (nSPS) is 11.4. The van der Waals surface area contributed by atoms with E-state index in [0.717, 1.165) is 53.3 Å². The molecule has 0 saturated carbocycles. The zero-order valence-corrected chi connectivity index (χ0v) is 13.1. The highest BCUT2D eigenvalue weighted by Crippen LogP contribution is 2.24. The molecule has 0 unspecified atom stereocenters. The van der Waals surface area contributed by atoms with Crippen molar-refractivity contribution in [3.63, 3.8) is 0 Å². The van der Waals surface area contributed by atoms with E-state index in [1.807, 2.05) is 11.4 Å². The van der Waals surface area contributed by atoms with Gasteiger partial charge in [0.25, 0.3) is 0 Å². The lowest BCUT2D eigenvalue weighted by Crippen LogP contribution is -2.08. The van der Waals surface area contributed by atoms with Gasteiger partial charge in [0.05, 0.1) is 5.39 Å². The minimum absolute atomic E-state index is 0.771. The average molecular weight is 283 g/mol. The molecule has 110 valence electrons. The standard InChI is InChI=1S/C16H21N5/c1-5-7-17-13-9-12(6-2)19-16-14-10(3)8-11(4)18-15(14)20-21(13)16/h8-9,17H,5-7H2,1-4H3. The molecule has 0 saturated heterocycles. The van der Waals surface area contributed by atoms with Crippen LogP contribution in [0, 0.1) is 13.8 Å². The Balaban J connectivity index is 2.34. The fourth-order valence-corrected chi connectivity index (χ4v) is 2.63. The highest BCUT2D eigenvalue weighted by atomic mass is 15.3. The van der Waals surface area contributed by atoms with E-state index in [1.165, 1.54) is 5.56 Å². The number of aromatic nitrogens is 4. The molecule has 0 aliphatic rings. The van der Waals surface area contributed by atoms with Crippen molar-refractivity contribution in [2.75, 3.05) is 11.9 Å². The molecule has 0 aliphatic heterocycles. The second-order valence-electron chi connectivity index (χ2n) is 5.43. The first kappa shape index (κ1) is 13.8. The largest absolute Gasteiger partial charge is 0.370 e.